The molecular formula is C11H11ClN2O. The highest BCUT2D eigenvalue weighted by atomic mass is 35.5. The van der Waals surface area contributed by atoms with Gasteiger partial charge < -0.3 is 10.2 Å². The van der Waals surface area contributed by atoms with Crippen molar-refractivity contribution in [2.24, 2.45) is 0 Å². The van der Waals surface area contributed by atoms with Gasteiger partial charge in [-0.2, -0.15) is 0 Å². The highest BCUT2D eigenvalue weighted by molar-refractivity contribution is 6.34. The van der Waals surface area contributed by atoms with E-state index in [1.165, 1.54) is 0 Å². The minimum Gasteiger partial charge on any atom is -0.329 e. The van der Waals surface area contributed by atoms with Crippen molar-refractivity contribution < 1.29 is 4.79 Å². The maximum atomic E-state index is 12.1. The molecule has 1 amide bonds. The van der Waals surface area contributed by atoms with Gasteiger partial charge in [0.25, 0.3) is 5.91 Å². The molecule has 0 aliphatic carbocycles. The molecule has 0 spiro atoms. The van der Waals surface area contributed by atoms with E-state index >= 15 is 0 Å². The number of nitrogens with zero attached hydrogens (tertiary/aromatic N) is 1. The Balaban J connectivity index is 2.15. The molecule has 2 aliphatic rings. The summed E-state index contributed by atoms with van der Waals surface area (Å²) >= 11 is 6.06. The molecule has 2 aliphatic heterocycles. The average molecular weight is 223 g/mol. The fraction of sp³-hybridized carbons (Fsp3) is 0.364. The molecule has 1 fully saturated rings. The number of carbonyl (C=O) groups excluding carboxylic acids is 1. The number of halogens is 1. The molecule has 15 heavy (non-hydrogen) atoms. The normalized spacial score (nSPS) is 23.9. The number of hydrogen-bond acceptors (Lipinski definition) is 2. The Kier molecular flexibility index (Phi) is 1.97. The topological polar surface area (TPSA) is 32.3 Å². The Morgan fingerprint density at radius 3 is 3.20 bits per heavy atom. The minimum atomic E-state index is 0.0853. The van der Waals surface area contributed by atoms with E-state index in [9.17, 15) is 4.79 Å². The largest absolute Gasteiger partial charge is 0.329 e. The maximum Gasteiger partial charge on any atom is 0.256 e. The monoisotopic (exact) mass is 222 g/mol. The van der Waals surface area contributed by atoms with E-state index in [2.05, 4.69) is 5.32 Å². The van der Waals surface area contributed by atoms with Crippen molar-refractivity contribution >= 4 is 17.5 Å². The van der Waals surface area contributed by atoms with Crippen LogP contribution in [0.15, 0.2) is 18.2 Å². The van der Waals surface area contributed by atoms with Crippen molar-refractivity contribution in [3.8, 4) is 0 Å². The lowest BCUT2D eigenvalue weighted by atomic mass is 10.0. The number of amides is 1. The number of hydrogen-bond donors (Lipinski definition) is 1. The van der Waals surface area contributed by atoms with Gasteiger partial charge in [0.15, 0.2) is 0 Å². The number of piperazine rings is 1. The Morgan fingerprint density at radius 2 is 2.33 bits per heavy atom. The third-order valence-corrected chi connectivity index (χ3v) is 3.44. The van der Waals surface area contributed by atoms with Crippen molar-refractivity contribution in [2.45, 2.75) is 6.04 Å². The van der Waals surface area contributed by atoms with Crippen LogP contribution in [0, 0.1) is 0 Å². The number of carbonyl (C=O) groups is 1. The fourth-order valence-electron chi connectivity index (χ4n) is 2.41. The second-order valence-electron chi connectivity index (χ2n) is 3.92. The third kappa shape index (κ3) is 1.20. The second kappa shape index (κ2) is 3.22. The lowest BCUT2D eigenvalue weighted by molar-refractivity contribution is 0.0691. The van der Waals surface area contributed by atoms with Crippen molar-refractivity contribution in [3.05, 3.63) is 34.3 Å². The van der Waals surface area contributed by atoms with Gasteiger partial charge in [-0.3, -0.25) is 4.79 Å². The van der Waals surface area contributed by atoms with Crippen molar-refractivity contribution in [1.82, 2.24) is 10.2 Å². The molecule has 2 heterocycles. The highest BCUT2D eigenvalue weighted by Gasteiger charge is 2.38. The van der Waals surface area contributed by atoms with E-state index in [0.29, 0.717) is 10.6 Å². The van der Waals surface area contributed by atoms with Gasteiger partial charge in [0.1, 0.15) is 0 Å². The average Bonchev–Trinajstić information content (AvgIpc) is 2.55. The predicted molar refractivity (Wildman–Crippen MR) is 58.1 cm³/mol. The first-order valence-electron chi connectivity index (χ1n) is 5.09. The summed E-state index contributed by atoms with van der Waals surface area (Å²) < 4.78 is 0. The third-order valence-electron chi connectivity index (χ3n) is 3.12. The molecule has 78 valence electrons. The first-order chi connectivity index (χ1) is 7.29. The smallest absolute Gasteiger partial charge is 0.256 e. The summed E-state index contributed by atoms with van der Waals surface area (Å²) in [7, 11) is 0. The molecule has 1 N–H and O–H groups in total. The van der Waals surface area contributed by atoms with Gasteiger partial charge in [-0.15, -0.1) is 0 Å². The number of rotatable bonds is 0. The summed E-state index contributed by atoms with van der Waals surface area (Å²) in [6.45, 7) is 2.47. The van der Waals surface area contributed by atoms with Gasteiger partial charge in [-0.1, -0.05) is 23.7 Å². The zero-order valence-corrected chi connectivity index (χ0v) is 8.92. The van der Waals surface area contributed by atoms with Crippen LogP contribution in [0.25, 0.3) is 0 Å². The molecule has 3 rings (SSSR count). The molecule has 1 atom stereocenters. The quantitative estimate of drug-likeness (QED) is 0.721. The molecule has 1 saturated heterocycles. The number of fused-ring (bicyclic) bond motifs is 3. The molecular weight excluding hydrogens is 212 g/mol. The van der Waals surface area contributed by atoms with Crippen LogP contribution in [0.3, 0.4) is 0 Å². The zero-order valence-electron chi connectivity index (χ0n) is 8.16. The molecule has 0 unspecified atom stereocenters. The van der Waals surface area contributed by atoms with Crippen LogP contribution in [0.4, 0.5) is 0 Å². The summed E-state index contributed by atoms with van der Waals surface area (Å²) in [6, 6.07) is 5.87. The Labute approximate surface area is 93.0 Å². The van der Waals surface area contributed by atoms with E-state index in [0.717, 1.165) is 25.2 Å². The molecule has 1 aromatic rings. The van der Waals surface area contributed by atoms with Gasteiger partial charge in [-0.05, 0) is 11.6 Å². The number of nitrogens with one attached hydrogen (secondary N) is 1. The van der Waals surface area contributed by atoms with E-state index in [4.69, 9.17) is 11.6 Å². The van der Waals surface area contributed by atoms with Gasteiger partial charge >= 0.3 is 0 Å². The van der Waals surface area contributed by atoms with E-state index < -0.39 is 0 Å². The van der Waals surface area contributed by atoms with Crippen molar-refractivity contribution in [3.63, 3.8) is 0 Å². The lowest BCUT2D eigenvalue weighted by Gasteiger charge is -2.30. The summed E-state index contributed by atoms with van der Waals surface area (Å²) in [4.78, 5) is 14.0. The van der Waals surface area contributed by atoms with Crippen LogP contribution < -0.4 is 5.32 Å². The molecule has 3 nitrogen and oxygen atoms in total. The molecule has 4 heteroatoms. The standard InChI is InChI=1S/C11H11ClN2O/c12-8-3-1-2-7-9-6-13-4-5-14(9)11(15)10(7)8/h1-3,9,13H,4-6H2/t9-/m0/s1. The van der Waals surface area contributed by atoms with E-state index in [1.54, 1.807) is 6.07 Å². The molecule has 0 aromatic heterocycles. The summed E-state index contributed by atoms with van der Waals surface area (Å²) in [5.74, 6) is 0.0853. The van der Waals surface area contributed by atoms with Crippen LogP contribution in [-0.2, 0) is 0 Å². The first-order valence-corrected chi connectivity index (χ1v) is 5.47. The molecule has 0 saturated carbocycles. The predicted octanol–water partition coefficient (Wildman–Crippen LogP) is 1.44. The molecule has 0 bridgehead atoms. The SMILES string of the molecule is O=C1c2c(Cl)cccc2[C@@H]2CNCCN12. The van der Waals surface area contributed by atoms with Gasteiger partial charge in [0, 0.05) is 19.6 Å². The minimum absolute atomic E-state index is 0.0853. The van der Waals surface area contributed by atoms with Gasteiger partial charge in [0.2, 0.25) is 0 Å². The highest BCUT2D eigenvalue weighted by Crippen LogP contribution is 2.37. The van der Waals surface area contributed by atoms with E-state index in [-0.39, 0.29) is 11.9 Å². The second-order valence-corrected chi connectivity index (χ2v) is 4.33. The maximum absolute atomic E-state index is 12.1. The lowest BCUT2D eigenvalue weighted by Crippen LogP contribution is -2.44. The Hall–Kier alpha value is -1.06. The summed E-state index contributed by atoms with van der Waals surface area (Å²) in [6.07, 6.45) is 0. The Morgan fingerprint density at radius 1 is 1.47 bits per heavy atom. The van der Waals surface area contributed by atoms with Crippen LogP contribution in [0.2, 0.25) is 5.02 Å². The zero-order chi connectivity index (χ0) is 10.4. The van der Waals surface area contributed by atoms with Crippen molar-refractivity contribution in [1.29, 1.82) is 0 Å². The van der Waals surface area contributed by atoms with Crippen LogP contribution in [0.1, 0.15) is 22.0 Å². The van der Waals surface area contributed by atoms with Crippen LogP contribution in [-0.4, -0.2) is 30.4 Å². The molecule has 1 aromatic carbocycles. The van der Waals surface area contributed by atoms with Gasteiger partial charge in [0.05, 0.1) is 16.6 Å². The fourth-order valence-corrected chi connectivity index (χ4v) is 2.68. The first kappa shape index (κ1) is 9.19. The summed E-state index contributed by atoms with van der Waals surface area (Å²) in [5, 5.41) is 3.88. The van der Waals surface area contributed by atoms with Gasteiger partial charge in [-0.25, -0.2) is 0 Å². The van der Waals surface area contributed by atoms with Crippen LogP contribution >= 0.6 is 11.6 Å². The van der Waals surface area contributed by atoms with E-state index in [1.807, 2.05) is 17.0 Å². The molecule has 0 radical (unpaired) electrons. The number of benzene rings is 1. The Bertz CT molecular complexity index is 433. The van der Waals surface area contributed by atoms with Crippen molar-refractivity contribution in [2.75, 3.05) is 19.6 Å². The summed E-state index contributed by atoms with van der Waals surface area (Å²) in [5.41, 5.74) is 1.77. The van der Waals surface area contributed by atoms with Crippen LogP contribution in [0.5, 0.6) is 0 Å².